The normalized spacial score (nSPS) is 31.6. The molecule has 2 aliphatic heterocycles. The van der Waals surface area contributed by atoms with Gasteiger partial charge in [-0.15, -0.1) is 0 Å². The molecule has 2 saturated heterocycles. The number of ether oxygens (including phenoxy) is 1. The van der Waals surface area contributed by atoms with Crippen molar-refractivity contribution in [3.05, 3.63) is 18.0 Å². The molecular formula is C14H21N3O2S. The van der Waals surface area contributed by atoms with Crippen molar-refractivity contribution in [1.29, 1.82) is 0 Å². The van der Waals surface area contributed by atoms with Crippen LogP contribution >= 0.6 is 11.8 Å². The third kappa shape index (κ3) is 2.64. The Hall–Kier alpha value is -0.850. The number of nitrogens with two attached hydrogens (primary N) is 1. The van der Waals surface area contributed by atoms with E-state index in [0.717, 1.165) is 36.3 Å². The van der Waals surface area contributed by atoms with Gasteiger partial charge in [0, 0.05) is 37.1 Å². The summed E-state index contributed by atoms with van der Waals surface area (Å²) >= 11 is 1.92. The van der Waals surface area contributed by atoms with Gasteiger partial charge in [0.1, 0.15) is 0 Å². The number of carbonyl (C=O) groups is 1. The lowest BCUT2D eigenvalue weighted by molar-refractivity contribution is -0.135. The summed E-state index contributed by atoms with van der Waals surface area (Å²) in [4.78, 5) is 12.6. The van der Waals surface area contributed by atoms with Crippen molar-refractivity contribution in [2.24, 2.45) is 18.7 Å². The smallest absolute Gasteiger partial charge is 0.157 e. The molecule has 0 saturated carbocycles. The minimum absolute atomic E-state index is 0.0256. The van der Waals surface area contributed by atoms with Crippen LogP contribution in [-0.4, -0.2) is 39.3 Å². The largest absolute Gasteiger partial charge is 0.374 e. The maximum absolute atomic E-state index is 12.6. The van der Waals surface area contributed by atoms with E-state index >= 15 is 0 Å². The number of aryl methyl sites for hydroxylation is 1. The summed E-state index contributed by atoms with van der Waals surface area (Å²) in [5.41, 5.74) is 6.85. The number of Topliss-reactive ketones (excluding diaryl/α,β-unsaturated/α-hetero) is 1. The van der Waals surface area contributed by atoms with E-state index in [4.69, 9.17) is 10.5 Å². The van der Waals surface area contributed by atoms with Gasteiger partial charge in [-0.05, 0) is 25.0 Å². The Kier molecular flexibility index (Phi) is 3.88. The van der Waals surface area contributed by atoms with Gasteiger partial charge in [-0.2, -0.15) is 16.9 Å². The maximum atomic E-state index is 12.6. The van der Waals surface area contributed by atoms with Crippen LogP contribution in [0.4, 0.5) is 0 Å². The van der Waals surface area contributed by atoms with Crippen LogP contribution < -0.4 is 5.73 Å². The predicted octanol–water partition coefficient (Wildman–Crippen LogP) is 1.29. The fourth-order valence-corrected chi connectivity index (χ4v) is 4.53. The number of thioether (sulfide) groups is 1. The number of hydrogen-bond donors (Lipinski definition) is 1. The van der Waals surface area contributed by atoms with Crippen molar-refractivity contribution in [2.45, 2.75) is 30.9 Å². The highest BCUT2D eigenvalue weighted by atomic mass is 32.2. The zero-order valence-corrected chi connectivity index (χ0v) is 12.6. The second kappa shape index (κ2) is 5.50. The zero-order valence-electron chi connectivity index (χ0n) is 11.7. The first-order chi connectivity index (χ1) is 9.60. The van der Waals surface area contributed by atoms with Crippen LogP contribution in [0.5, 0.6) is 0 Å². The van der Waals surface area contributed by atoms with Crippen molar-refractivity contribution in [1.82, 2.24) is 9.78 Å². The lowest BCUT2D eigenvalue weighted by Crippen LogP contribution is -2.43. The number of rotatable bonds is 3. The molecule has 1 spiro atoms. The van der Waals surface area contributed by atoms with Crippen molar-refractivity contribution in [3.8, 4) is 0 Å². The molecule has 3 heterocycles. The Labute approximate surface area is 123 Å². The molecule has 0 aromatic carbocycles. The summed E-state index contributed by atoms with van der Waals surface area (Å²) in [5.74, 6) is 2.31. The SMILES string of the molecule is Cn1cc(C(N)C(=O)C2CCOC3(CCSC3)C2)cn1. The third-order valence-corrected chi connectivity index (χ3v) is 5.58. The summed E-state index contributed by atoms with van der Waals surface area (Å²) in [6.07, 6.45) is 6.18. The Balaban J connectivity index is 1.70. The van der Waals surface area contributed by atoms with E-state index in [-0.39, 0.29) is 17.3 Å². The number of carbonyl (C=O) groups excluding carboxylic acids is 1. The van der Waals surface area contributed by atoms with Gasteiger partial charge >= 0.3 is 0 Å². The Morgan fingerprint density at radius 2 is 2.55 bits per heavy atom. The van der Waals surface area contributed by atoms with Crippen LogP contribution in [0.15, 0.2) is 12.4 Å². The maximum Gasteiger partial charge on any atom is 0.157 e. The first-order valence-electron chi connectivity index (χ1n) is 7.09. The average Bonchev–Trinajstić information content (AvgIpc) is 3.07. The molecule has 6 heteroatoms. The Morgan fingerprint density at radius 1 is 1.70 bits per heavy atom. The summed E-state index contributed by atoms with van der Waals surface area (Å²) in [5, 5.41) is 4.09. The van der Waals surface area contributed by atoms with Crippen molar-refractivity contribution >= 4 is 17.5 Å². The monoisotopic (exact) mass is 295 g/mol. The summed E-state index contributed by atoms with van der Waals surface area (Å²) in [6.45, 7) is 0.677. The first kappa shape index (κ1) is 14.1. The van der Waals surface area contributed by atoms with Crippen molar-refractivity contribution in [2.75, 3.05) is 18.1 Å². The summed E-state index contributed by atoms with van der Waals surface area (Å²) < 4.78 is 7.65. The molecule has 1 aromatic rings. The molecule has 1 aromatic heterocycles. The molecule has 2 aliphatic rings. The fourth-order valence-electron chi connectivity index (χ4n) is 3.15. The number of ketones is 1. The Bertz CT molecular complexity index is 496. The minimum Gasteiger partial charge on any atom is -0.374 e. The molecule has 0 radical (unpaired) electrons. The van der Waals surface area contributed by atoms with Crippen LogP contribution in [0.25, 0.3) is 0 Å². The Morgan fingerprint density at radius 3 is 3.20 bits per heavy atom. The molecule has 0 amide bonds. The van der Waals surface area contributed by atoms with E-state index in [9.17, 15) is 4.79 Å². The second-order valence-corrected chi connectivity index (χ2v) is 6.96. The lowest BCUT2D eigenvalue weighted by atomic mass is 9.80. The van der Waals surface area contributed by atoms with Crippen LogP contribution in [-0.2, 0) is 16.6 Å². The lowest BCUT2D eigenvalue weighted by Gasteiger charge is -2.37. The number of aromatic nitrogens is 2. The average molecular weight is 295 g/mol. The molecule has 0 aliphatic carbocycles. The molecule has 3 rings (SSSR count). The van der Waals surface area contributed by atoms with Gasteiger partial charge in [-0.3, -0.25) is 9.48 Å². The molecule has 110 valence electrons. The third-order valence-electron chi connectivity index (χ3n) is 4.35. The molecular weight excluding hydrogens is 274 g/mol. The van der Waals surface area contributed by atoms with Gasteiger partial charge in [0.05, 0.1) is 17.8 Å². The fraction of sp³-hybridized carbons (Fsp3) is 0.714. The van der Waals surface area contributed by atoms with Gasteiger partial charge in [-0.25, -0.2) is 0 Å². The van der Waals surface area contributed by atoms with E-state index < -0.39 is 6.04 Å². The molecule has 5 nitrogen and oxygen atoms in total. The van der Waals surface area contributed by atoms with Gasteiger partial charge in [0.15, 0.2) is 5.78 Å². The van der Waals surface area contributed by atoms with Gasteiger partial charge in [0.25, 0.3) is 0 Å². The molecule has 3 atom stereocenters. The van der Waals surface area contributed by atoms with E-state index in [2.05, 4.69) is 5.10 Å². The highest BCUT2D eigenvalue weighted by Crippen LogP contribution is 2.41. The van der Waals surface area contributed by atoms with Gasteiger partial charge in [-0.1, -0.05) is 0 Å². The molecule has 2 N–H and O–H groups in total. The highest BCUT2D eigenvalue weighted by Gasteiger charge is 2.43. The molecule has 20 heavy (non-hydrogen) atoms. The topological polar surface area (TPSA) is 70.1 Å². The number of nitrogens with zero attached hydrogens (tertiary/aromatic N) is 2. The summed E-state index contributed by atoms with van der Waals surface area (Å²) in [7, 11) is 1.83. The first-order valence-corrected chi connectivity index (χ1v) is 8.25. The second-order valence-electron chi connectivity index (χ2n) is 5.85. The molecule has 2 fully saturated rings. The standard InChI is InChI=1S/C14H21N3O2S/c1-17-8-11(7-16-17)12(15)13(18)10-2-4-19-14(6-10)3-5-20-9-14/h7-8,10,12H,2-6,9,15H2,1H3. The number of hydrogen-bond acceptors (Lipinski definition) is 5. The van der Waals surface area contributed by atoms with Crippen molar-refractivity contribution < 1.29 is 9.53 Å². The summed E-state index contributed by atoms with van der Waals surface area (Å²) in [6, 6.07) is -0.557. The highest BCUT2D eigenvalue weighted by molar-refractivity contribution is 7.99. The van der Waals surface area contributed by atoms with Crippen LogP contribution in [0, 0.1) is 5.92 Å². The zero-order chi connectivity index (χ0) is 14.2. The van der Waals surface area contributed by atoms with Crippen molar-refractivity contribution in [3.63, 3.8) is 0 Å². The van der Waals surface area contributed by atoms with Gasteiger partial charge in [0.2, 0.25) is 0 Å². The van der Waals surface area contributed by atoms with E-state index in [0.29, 0.717) is 6.61 Å². The quantitative estimate of drug-likeness (QED) is 0.910. The van der Waals surface area contributed by atoms with Gasteiger partial charge < -0.3 is 10.5 Å². The van der Waals surface area contributed by atoms with Crippen LogP contribution in [0.3, 0.4) is 0 Å². The van der Waals surface area contributed by atoms with E-state index in [1.54, 1.807) is 10.9 Å². The van der Waals surface area contributed by atoms with Crippen LogP contribution in [0.2, 0.25) is 0 Å². The van der Waals surface area contributed by atoms with E-state index in [1.165, 1.54) is 0 Å². The van der Waals surface area contributed by atoms with E-state index in [1.807, 2.05) is 25.0 Å². The molecule has 0 bridgehead atoms. The predicted molar refractivity (Wildman–Crippen MR) is 78.5 cm³/mol. The molecule has 3 unspecified atom stereocenters. The van der Waals surface area contributed by atoms with Crippen LogP contribution in [0.1, 0.15) is 30.9 Å². The minimum atomic E-state index is -0.557.